The largest absolute Gasteiger partial charge is 0.508 e. The SMILES string of the molecule is CCCCCCOc1ccc2c(=O)c3c(O)cc(O)cc3oc2c1. The average Bonchev–Trinajstić information content (AvgIpc) is 2.53. The zero-order chi connectivity index (χ0) is 17.1. The minimum Gasteiger partial charge on any atom is -0.508 e. The van der Waals surface area contributed by atoms with Crippen molar-refractivity contribution < 1.29 is 19.4 Å². The monoisotopic (exact) mass is 328 g/mol. The molecular formula is C19H20O5. The smallest absolute Gasteiger partial charge is 0.204 e. The number of aromatic hydroxyl groups is 2. The lowest BCUT2D eigenvalue weighted by atomic mass is 10.1. The Hall–Kier alpha value is -2.69. The Kier molecular flexibility index (Phi) is 4.60. The van der Waals surface area contributed by atoms with E-state index in [-0.39, 0.29) is 27.9 Å². The van der Waals surface area contributed by atoms with Crippen molar-refractivity contribution in [1.82, 2.24) is 0 Å². The Labute approximate surface area is 139 Å². The minimum absolute atomic E-state index is 0.0635. The van der Waals surface area contributed by atoms with Crippen molar-refractivity contribution in [3.05, 3.63) is 40.6 Å². The molecule has 0 aliphatic carbocycles. The fourth-order valence-corrected chi connectivity index (χ4v) is 2.73. The summed E-state index contributed by atoms with van der Waals surface area (Å²) in [6.45, 7) is 2.77. The van der Waals surface area contributed by atoms with Gasteiger partial charge in [0.1, 0.15) is 33.8 Å². The molecule has 126 valence electrons. The lowest BCUT2D eigenvalue weighted by Gasteiger charge is -2.08. The Morgan fingerprint density at radius 3 is 2.67 bits per heavy atom. The van der Waals surface area contributed by atoms with Gasteiger partial charge in [-0.05, 0) is 18.6 Å². The second kappa shape index (κ2) is 6.83. The van der Waals surface area contributed by atoms with Crippen LogP contribution in [0.3, 0.4) is 0 Å². The van der Waals surface area contributed by atoms with E-state index in [2.05, 4.69) is 6.92 Å². The molecule has 1 heterocycles. The molecule has 2 aromatic carbocycles. The fraction of sp³-hybridized carbons (Fsp3) is 0.316. The molecule has 0 unspecified atom stereocenters. The summed E-state index contributed by atoms with van der Waals surface area (Å²) in [5.41, 5.74) is 0.173. The van der Waals surface area contributed by atoms with Gasteiger partial charge in [-0.2, -0.15) is 0 Å². The topological polar surface area (TPSA) is 79.9 Å². The van der Waals surface area contributed by atoms with Crippen LogP contribution < -0.4 is 10.2 Å². The van der Waals surface area contributed by atoms with Crippen molar-refractivity contribution in [2.24, 2.45) is 0 Å². The molecule has 0 radical (unpaired) electrons. The molecular weight excluding hydrogens is 308 g/mol. The molecule has 0 bridgehead atoms. The van der Waals surface area contributed by atoms with Gasteiger partial charge in [0.25, 0.3) is 0 Å². The lowest BCUT2D eigenvalue weighted by molar-refractivity contribution is 0.305. The molecule has 2 N–H and O–H groups in total. The fourth-order valence-electron chi connectivity index (χ4n) is 2.73. The van der Waals surface area contributed by atoms with Gasteiger partial charge in [0.15, 0.2) is 0 Å². The third-order valence-corrected chi connectivity index (χ3v) is 3.98. The van der Waals surface area contributed by atoms with Gasteiger partial charge in [-0.1, -0.05) is 26.2 Å². The molecule has 0 aliphatic heterocycles. The summed E-state index contributed by atoms with van der Waals surface area (Å²) in [5.74, 6) is 0.175. The average molecular weight is 328 g/mol. The van der Waals surface area contributed by atoms with E-state index in [0.29, 0.717) is 23.3 Å². The van der Waals surface area contributed by atoms with Crippen LogP contribution >= 0.6 is 0 Å². The van der Waals surface area contributed by atoms with Crippen molar-refractivity contribution in [2.45, 2.75) is 32.6 Å². The van der Waals surface area contributed by atoms with Gasteiger partial charge < -0.3 is 19.4 Å². The van der Waals surface area contributed by atoms with E-state index in [1.54, 1.807) is 18.2 Å². The van der Waals surface area contributed by atoms with E-state index in [1.165, 1.54) is 18.9 Å². The van der Waals surface area contributed by atoms with E-state index in [9.17, 15) is 15.0 Å². The molecule has 0 fully saturated rings. The van der Waals surface area contributed by atoms with Gasteiger partial charge in [-0.3, -0.25) is 4.79 Å². The Morgan fingerprint density at radius 2 is 1.88 bits per heavy atom. The molecule has 5 heteroatoms. The van der Waals surface area contributed by atoms with Crippen LogP contribution in [-0.4, -0.2) is 16.8 Å². The van der Waals surface area contributed by atoms with Crippen molar-refractivity contribution >= 4 is 21.9 Å². The second-order valence-corrected chi connectivity index (χ2v) is 5.84. The van der Waals surface area contributed by atoms with Crippen LogP contribution in [0.15, 0.2) is 39.5 Å². The Morgan fingerprint density at radius 1 is 1.04 bits per heavy atom. The molecule has 1 aromatic heterocycles. The first-order chi connectivity index (χ1) is 11.6. The predicted molar refractivity (Wildman–Crippen MR) is 93.0 cm³/mol. The first kappa shape index (κ1) is 16.2. The third kappa shape index (κ3) is 3.15. The Balaban J connectivity index is 1.95. The number of fused-ring (bicyclic) bond motifs is 2. The van der Waals surface area contributed by atoms with Gasteiger partial charge in [-0.25, -0.2) is 0 Å². The highest BCUT2D eigenvalue weighted by Gasteiger charge is 2.13. The zero-order valence-electron chi connectivity index (χ0n) is 13.5. The van der Waals surface area contributed by atoms with Crippen LogP contribution in [0.5, 0.6) is 17.2 Å². The van der Waals surface area contributed by atoms with Gasteiger partial charge >= 0.3 is 0 Å². The molecule has 0 atom stereocenters. The second-order valence-electron chi connectivity index (χ2n) is 5.84. The number of phenols is 2. The maximum atomic E-state index is 12.5. The summed E-state index contributed by atoms with van der Waals surface area (Å²) in [6.07, 6.45) is 4.47. The third-order valence-electron chi connectivity index (χ3n) is 3.98. The number of hydrogen-bond donors (Lipinski definition) is 2. The quantitative estimate of drug-likeness (QED) is 0.520. The number of phenolic OH excluding ortho intramolecular Hbond substituents is 2. The van der Waals surface area contributed by atoms with Gasteiger partial charge in [0.2, 0.25) is 5.43 Å². The molecule has 0 saturated carbocycles. The minimum atomic E-state index is -0.335. The molecule has 0 amide bonds. The summed E-state index contributed by atoms with van der Waals surface area (Å²) in [7, 11) is 0. The maximum Gasteiger partial charge on any atom is 0.204 e. The zero-order valence-corrected chi connectivity index (χ0v) is 13.5. The highest BCUT2D eigenvalue weighted by molar-refractivity contribution is 5.94. The van der Waals surface area contributed by atoms with Crippen LogP contribution in [0.2, 0.25) is 0 Å². The van der Waals surface area contributed by atoms with Gasteiger partial charge in [0, 0.05) is 18.2 Å². The van der Waals surface area contributed by atoms with Crippen molar-refractivity contribution in [3.63, 3.8) is 0 Å². The van der Waals surface area contributed by atoms with Crippen LogP contribution in [0, 0.1) is 0 Å². The maximum absolute atomic E-state index is 12.5. The van der Waals surface area contributed by atoms with E-state index in [1.807, 2.05) is 0 Å². The van der Waals surface area contributed by atoms with Crippen LogP contribution in [0.1, 0.15) is 32.6 Å². The molecule has 0 saturated heterocycles. The Bertz CT molecular complexity index is 926. The normalized spacial score (nSPS) is 11.2. The van der Waals surface area contributed by atoms with E-state index >= 15 is 0 Å². The van der Waals surface area contributed by atoms with E-state index < -0.39 is 0 Å². The molecule has 0 aliphatic rings. The number of unbranched alkanes of at least 4 members (excludes halogenated alkanes) is 3. The lowest BCUT2D eigenvalue weighted by Crippen LogP contribution is -2.03. The summed E-state index contributed by atoms with van der Waals surface area (Å²) in [5, 5.41) is 19.9. The first-order valence-electron chi connectivity index (χ1n) is 8.15. The van der Waals surface area contributed by atoms with Crippen molar-refractivity contribution in [3.8, 4) is 17.2 Å². The first-order valence-corrected chi connectivity index (χ1v) is 8.15. The predicted octanol–water partition coefficient (Wildman–Crippen LogP) is 4.32. The number of hydrogen-bond acceptors (Lipinski definition) is 5. The van der Waals surface area contributed by atoms with Crippen LogP contribution in [0.4, 0.5) is 0 Å². The molecule has 24 heavy (non-hydrogen) atoms. The number of rotatable bonds is 6. The highest BCUT2D eigenvalue weighted by Crippen LogP contribution is 2.30. The molecule has 3 rings (SSSR count). The molecule has 3 aromatic rings. The van der Waals surface area contributed by atoms with Crippen molar-refractivity contribution in [1.29, 1.82) is 0 Å². The standard InChI is InChI=1S/C19H20O5/c1-2-3-4-5-8-23-13-6-7-14-16(11-13)24-17-10-12(20)9-15(21)18(17)19(14)22/h6-7,9-11,20-21H,2-5,8H2,1H3. The number of benzene rings is 2. The van der Waals surface area contributed by atoms with Gasteiger partial charge in [0.05, 0.1) is 12.0 Å². The van der Waals surface area contributed by atoms with Crippen molar-refractivity contribution in [2.75, 3.05) is 6.61 Å². The van der Waals surface area contributed by atoms with Crippen LogP contribution in [-0.2, 0) is 0 Å². The summed E-state index contributed by atoms with van der Waals surface area (Å²) in [6, 6.07) is 7.46. The summed E-state index contributed by atoms with van der Waals surface area (Å²) in [4.78, 5) is 12.5. The van der Waals surface area contributed by atoms with Gasteiger partial charge in [-0.15, -0.1) is 0 Å². The molecule has 0 spiro atoms. The molecule has 5 nitrogen and oxygen atoms in total. The van der Waals surface area contributed by atoms with E-state index in [4.69, 9.17) is 9.15 Å². The highest BCUT2D eigenvalue weighted by atomic mass is 16.5. The summed E-state index contributed by atoms with van der Waals surface area (Å²) >= 11 is 0. The van der Waals surface area contributed by atoms with E-state index in [0.717, 1.165) is 18.9 Å². The summed E-state index contributed by atoms with van der Waals surface area (Å²) < 4.78 is 11.4. The van der Waals surface area contributed by atoms with Crippen LogP contribution in [0.25, 0.3) is 21.9 Å². The number of ether oxygens (including phenoxy) is 1.